The normalized spacial score (nSPS) is 11.5. The molecule has 0 atom stereocenters. The molecule has 3 rings (SSSR count). The molecule has 0 aromatic heterocycles. The molecule has 0 aliphatic heterocycles. The van der Waals surface area contributed by atoms with Gasteiger partial charge in [-0.3, -0.25) is 0 Å². The van der Waals surface area contributed by atoms with Gasteiger partial charge in [-0.05, 0) is 42.5 Å². The van der Waals surface area contributed by atoms with E-state index in [2.05, 4.69) is 0 Å². The van der Waals surface area contributed by atoms with Gasteiger partial charge in [-0.15, -0.1) is 0 Å². The molecule has 22 heavy (non-hydrogen) atoms. The van der Waals surface area contributed by atoms with Gasteiger partial charge in [-0.25, -0.2) is 0 Å². The van der Waals surface area contributed by atoms with Crippen LogP contribution in [-0.4, -0.2) is 8.42 Å². The Kier molecular flexibility index (Phi) is 3.62. The summed E-state index contributed by atoms with van der Waals surface area (Å²) >= 11 is 0. The van der Waals surface area contributed by atoms with Gasteiger partial charge in [0.05, 0.1) is 0 Å². The molecule has 3 aromatic rings. The Labute approximate surface area is 130 Å². The highest BCUT2D eigenvalue weighted by molar-refractivity contribution is 7.87. The molecule has 3 nitrogen and oxygen atoms in total. The average molecular weight is 312 g/mol. The quantitative estimate of drug-likeness (QED) is 0.680. The first kappa shape index (κ1) is 14.6. The third-order valence-electron chi connectivity index (χ3n) is 3.56. The maximum absolute atomic E-state index is 12.6. The van der Waals surface area contributed by atoms with E-state index in [-0.39, 0.29) is 4.90 Å². The maximum Gasteiger partial charge on any atom is 0.339 e. The van der Waals surface area contributed by atoms with E-state index in [0.29, 0.717) is 11.3 Å². The van der Waals surface area contributed by atoms with Crippen molar-refractivity contribution in [1.82, 2.24) is 0 Å². The van der Waals surface area contributed by atoms with Crippen LogP contribution in [0, 0.1) is 13.8 Å². The van der Waals surface area contributed by atoms with E-state index < -0.39 is 10.1 Å². The third-order valence-corrected chi connectivity index (χ3v) is 4.94. The van der Waals surface area contributed by atoms with Crippen molar-refractivity contribution in [1.29, 1.82) is 0 Å². The second kappa shape index (κ2) is 5.46. The van der Waals surface area contributed by atoms with Crippen LogP contribution in [0.5, 0.6) is 5.75 Å². The van der Waals surface area contributed by atoms with Gasteiger partial charge in [-0.2, -0.15) is 8.42 Å². The van der Waals surface area contributed by atoms with E-state index in [1.54, 1.807) is 31.2 Å². The van der Waals surface area contributed by atoms with Gasteiger partial charge >= 0.3 is 10.1 Å². The Morgan fingerprint density at radius 3 is 2.41 bits per heavy atom. The van der Waals surface area contributed by atoms with Gasteiger partial charge in [0.1, 0.15) is 4.90 Å². The van der Waals surface area contributed by atoms with Crippen LogP contribution in [0.1, 0.15) is 11.1 Å². The first-order valence-electron chi connectivity index (χ1n) is 6.97. The molecule has 0 bridgehead atoms. The summed E-state index contributed by atoms with van der Waals surface area (Å²) in [6.07, 6.45) is 0. The lowest BCUT2D eigenvalue weighted by molar-refractivity contribution is 0.488. The molecule has 0 N–H and O–H groups in total. The summed E-state index contributed by atoms with van der Waals surface area (Å²) < 4.78 is 30.6. The Balaban J connectivity index is 2.09. The fraction of sp³-hybridized carbons (Fsp3) is 0.111. The largest absolute Gasteiger partial charge is 0.378 e. The van der Waals surface area contributed by atoms with Crippen molar-refractivity contribution in [2.45, 2.75) is 18.7 Å². The fourth-order valence-electron chi connectivity index (χ4n) is 2.41. The summed E-state index contributed by atoms with van der Waals surface area (Å²) in [5.74, 6) is 0.346. The lowest BCUT2D eigenvalue weighted by Crippen LogP contribution is -2.11. The highest BCUT2D eigenvalue weighted by Crippen LogP contribution is 2.29. The monoisotopic (exact) mass is 312 g/mol. The lowest BCUT2D eigenvalue weighted by Gasteiger charge is -2.11. The summed E-state index contributed by atoms with van der Waals surface area (Å²) in [6, 6.07) is 18.2. The second-order valence-corrected chi connectivity index (χ2v) is 6.80. The number of benzene rings is 3. The van der Waals surface area contributed by atoms with Crippen molar-refractivity contribution >= 4 is 20.9 Å². The zero-order chi connectivity index (χ0) is 15.7. The molecule has 4 heteroatoms. The average Bonchev–Trinajstić information content (AvgIpc) is 2.50. The molecule has 0 saturated heterocycles. The minimum absolute atomic E-state index is 0.209. The fourth-order valence-corrected chi connectivity index (χ4v) is 3.67. The van der Waals surface area contributed by atoms with Crippen molar-refractivity contribution in [3.8, 4) is 5.75 Å². The number of aryl methyl sites for hydroxylation is 2. The van der Waals surface area contributed by atoms with Crippen LogP contribution in [0.3, 0.4) is 0 Å². The van der Waals surface area contributed by atoms with E-state index >= 15 is 0 Å². The zero-order valence-electron chi connectivity index (χ0n) is 12.4. The van der Waals surface area contributed by atoms with Crippen LogP contribution >= 0.6 is 0 Å². The predicted octanol–water partition coefficient (Wildman–Crippen LogP) is 4.22. The van der Waals surface area contributed by atoms with Crippen molar-refractivity contribution in [2.24, 2.45) is 0 Å². The minimum atomic E-state index is -3.86. The van der Waals surface area contributed by atoms with Crippen molar-refractivity contribution < 1.29 is 12.6 Å². The molecule has 0 amide bonds. The van der Waals surface area contributed by atoms with Crippen molar-refractivity contribution in [3.63, 3.8) is 0 Å². The molecule has 0 unspecified atom stereocenters. The van der Waals surface area contributed by atoms with Gasteiger partial charge in [0, 0.05) is 5.39 Å². The Bertz CT molecular complexity index is 938. The molecule has 0 aliphatic carbocycles. The molecule has 3 aromatic carbocycles. The molecular weight excluding hydrogens is 296 g/mol. The smallest absolute Gasteiger partial charge is 0.339 e. The summed E-state index contributed by atoms with van der Waals surface area (Å²) in [5, 5.41) is 1.72. The number of hydrogen-bond acceptors (Lipinski definition) is 3. The molecule has 0 spiro atoms. The topological polar surface area (TPSA) is 43.4 Å². The van der Waals surface area contributed by atoms with Gasteiger partial charge in [0.25, 0.3) is 0 Å². The van der Waals surface area contributed by atoms with Crippen LogP contribution in [0.2, 0.25) is 0 Å². The van der Waals surface area contributed by atoms with E-state index in [4.69, 9.17) is 4.18 Å². The van der Waals surface area contributed by atoms with Crippen LogP contribution in [-0.2, 0) is 10.1 Å². The highest BCUT2D eigenvalue weighted by Gasteiger charge is 2.20. The molecule has 0 aliphatic rings. The minimum Gasteiger partial charge on any atom is -0.378 e. The molecule has 112 valence electrons. The van der Waals surface area contributed by atoms with Crippen molar-refractivity contribution in [3.05, 3.63) is 71.8 Å². The first-order chi connectivity index (χ1) is 10.5. The Morgan fingerprint density at radius 1 is 0.864 bits per heavy atom. The zero-order valence-corrected chi connectivity index (χ0v) is 13.2. The van der Waals surface area contributed by atoms with Crippen molar-refractivity contribution in [2.75, 3.05) is 0 Å². The lowest BCUT2D eigenvalue weighted by atomic mass is 10.1. The molecular formula is C18H16O3S. The van der Waals surface area contributed by atoms with E-state index in [1.807, 2.05) is 43.3 Å². The highest BCUT2D eigenvalue weighted by atomic mass is 32.2. The molecule has 0 saturated carbocycles. The van der Waals surface area contributed by atoms with Gasteiger partial charge in [0.15, 0.2) is 5.75 Å². The predicted molar refractivity (Wildman–Crippen MR) is 87.7 cm³/mol. The van der Waals surface area contributed by atoms with Crippen LogP contribution in [0.4, 0.5) is 0 Å². The second-order valence-electron chi connectivity index (χ2n) is 5.28. The van der Waals surface area contributed by atoms with Gasteiger partial charge < -0.3 is 4.18 Å². The van der Waals surface area contributed by atoms with Crippen LogP contribution < -0.4 is 4.18 Å². The maximum atomic E-state index is 12.6. The number of hydrogen-bond donors (Lipinski definition) is 0. The SMILES string of the molecule is Cc1ccc(C)c(S(=O)(=O)Oc2cccc3ccccc23)c1. The summed E-state index contributed by atoms with van der Waals surface area (Å²) in [4.78, 5) is 0.209. The third kappa shape index (κ3) is 2.70. The number of rotatable bonds is 3. The molecule has 0 heterocycles. The Hall–Kier alpha value is -2.33. The standard InChI is InChI=1S/C18H16O3S/c1-13-10-11-14(2)18(12-13)22(19,20)21-17-9-5-7-15-6-3-4-8-16(15)17/h3-12H,1-2H3. The molecule has 0 fully saturated rings. The van der Waals surface area contributed by atoms with Crippen LogP contribution in [0.15, 0.2) is 65.6 Å². The first-order valence-corrected chi connectivity index (χ1v) is 8.38. The Morgan fingerprint density at radius 2 is 1.59 bits per heavy atom. The summed E-state index contributed by atoms with van der Waals surface area (Å²) in [7, 11) is -3.86. The van der Waals surface area contributed by atoms with E-state index in [0.717, 1.165) is 16.3 Å². The number of fused-ring (bicyclic) bond motifs is 1. The van der Waals surface area contributed by atoms with Gasteiger partial charge in [-0.1, -0.05) is 48.5 Å². The van der Waals surface area contributed by atoms with Crippen LogP contribution in [0.25, 0.3) is 10.8 Å². The summed E-state index contributed by atoms with van der Waals surface area (Å²) in [5.41, 5.74) is 1.55. The van der Waals surface area contributed by atoms with E-state index in [1.165, 1.54) is 0 Å². The van der Waals surface area contributed by atoms with Gasteiger partial charge in [0.2, 0.25) is 0 Å². The summed E-state index contributed by atoms with van der Waals surface area (Å²) in [6.45, 7) is 3.62. The molecule has 0 radical (unpaired) electrons. The van der Waals surface area contributed by atoms with E-state index in [9.17, 15) is 8.42 Å².